The summed E-state index contributed by atoms with van der Waals surface area (Å²) in [5.41, 5.74) is -2.19. The molecule has 1 aromatic carbocycles. The lowest BCUT2D eigenvalue weighted by Gasteiger charge is -2.41. The zero-order valence-corrected chi connectivity index (χ0v) is 19.1. The van der Waals surface area contributed by atoms with Crippen LogP contribution >= 0.6 is 0 Å². The van der Waals surface area contributed by atoms with Gasteiger partial charge >= 0.3 is 6.18 Å². The van der Waals surface area contributed by atoms with Gasteiger partial charge in [-0.05, 0) is 56.7 Å². The van der Waals surface area contributed by atoms with E-state index in [1.165, 1.54) is 13.8 Å². The van der Waals surface area contributed by atoms with E-state index >= 15 is 0 Å². The molecule has 10 heteroatoms. The molecule has 34 heavy (non-hydrogen) atoms. The van der Waals surface area contributed by atoms with Gasteiger partial charge in [-0.25, -0.2) is 4.39 Å². The Labute approximate surface area is 194 Å². The van der Waals surface area contributed by atoms with Crippen molar-refractivity contribution < 1.29 is 36.6 Å². The third kappa shape index (κ3) is 4.88. The number of aromatic nitrogens is 1. The zero-order valence-electron chi connectivity index (χ0n) is 19.1. The van der Waals surface area contributed by atoms with E-state index in [1.807, 2.05) is 0 Å². The van der Waals surface area contributed by atoms with Gasteiger partial charge in [0, 0.05) is 24.7 Å². The topological polar surface area (TPSA) is 60.9 Å². The van der Waals surface area contributed by atoms with Crippen molar-refractivity contribution in [2.75, 3.05) is 26.5 Å². The van der Waals surface area contributed by atoms with Crippen LogP contribution in [0.25, 0.3) is 0 Å². The second-order valence-corrected chi connectivity index (χ2v) is 9.22. The van der Waals surface area contributed by atoms with Crippen molar-refractivity contribution in [3.63, 3.8) is 0 Å². The van der Waals surface area contributed by atoms with E-state index in [9.17, 15) is 22.4 Å². The summed E-state index contributed by atoms with van der Waals surface area (Å²) in [5.74, 6) is 0.240. The maximum absolute atomic E-state index is 13.7. The van der Waals surface area contributed by atoms with E-state index in [0.29, 0.717) is 16.9 Å². The first kappa shape index (κ1) is 24.4. The molecule has 1 amide bonds. The summed E-state index contributed by atoms with van der Waals surface area (Å²) >= 11 is 0. The number of aryl methyl sites for hydroxylation is 1. The first-order chi connectivity index (χ1) is 15.9. The van der Waals surface area contributed by atoms with E-state index in [1.54, 1.807) is 30.0 Å². The highest BCUT2D eigenvalue weighted by atomic mass is 19.4. The molecule has 3 heterocycles. The largest absolute Gasteiger partial charge is 0.490 e. The Balaban J connectivity index is 1.50. The van der Waals surface area contributed by atoms with E-state index in [2.05, 4.69) is 4.98 Å². The lowest BCUT2D eigenvalue weighted by Crippen LogP contribution is -2.54. The number of amides is 1. The molecule has 0 N–H and O–H groups in total. The fraction of sp³-hybridized carbons (Fsp3) is 0.500. The van der Waals surface area contributed by atoms with Crippen LogP contribution in [0.4, 0.5) is 17.6 Å². The summed E-state index contributed by atoms with van der Waals surface area (Å²) in [6.07, 6.45) is -3.81. The van der Waals surface area contributed by atoms with Gasteiger partial charge in [-0.2, -0.15) is 13.2 Å². The number of piperidine rings is 1. The predicted molar refractivity (Wildman–Crippen MR) is 114 cm³/mol. The molecule has 2 saturated heterocycles. The fourth-order valence-corrected chi connectivity index (χ4v) is 4.24. The van der Waals surface area contributed by atoms with Gasteiger partial charge in [0.15, 0.2) is 0 Å². The molecule has 2 atom stereocenters. The van der Waals surface area contributed by atoms with Crippen LogP contribution in [0, 0.1) is 6.92 Å². The minimum atomic E-state index is -4.51. The summed E-state index contributed by atoms with van der Waals surface area (Å²) in [6.45, 7) is 4.79. The highest BCUT2D eigenvalue weighted by molar-refractivity contribution is 5.94. The summed E-state index contributed by atoms with van der Waals surface area (Å²) in [5, 5.41) is 0. The van der Waals surface area contributed by atoms with Gasteiger partial charge in [-0.3, -0.25) is 9.78 Å². The number of rotatable bonds is 5. The van der Waals surface area contributed by atoms with E-state index in [-0.39, 0.29) is 44.5 Å². The Kier molecular flexibility index (Phi) is 6.32. The number of likely N-dealkylation sites (tertiary alicyclic amines) is 1. The van der Waals surface area contributed by atoms with Crippen LogP contribution in [0.5, 0.6) is 5.75 Å². The van der Waals surface area contributed by atoms with Crippen LogP contribution in [-0.2, 0) is 21.3 Å². The molecule has 2 fully saturated rings. The van der Waals surface area contributed by atoms with Gasteiger partial charge in [0.25, 0.3) is 5.91 Å². The SMILES string of the molecule is Cc1cc(C(=O)N2CC[C@]3(c4cc(C(F)(F)F)ccn4)OCO[C@@H]3C2)ccc1OCC(C)(C)F. The van der Waals surface area contributed by atoms with E-state index < -0.39 is 29.1 Å². The number of alkyl halides is 4. The molecule has 0 radical (unpaired) electrons. The number of ether oxygens (including phenoxy) is 3. The summed E-state index contributed by atoms with van der Waals surface area (Å²) in [7, 11) is 0. The number of benzene rings is 1. The minimum Gasteiger partial charge on any atom is -0.490 e. The van der Waals surface area contributed by atoms with Crippen LogP contribution in [0.1, 0.15) is 47.4 Å². The predicted octanol–water partition coefficient (Wildman–Crippen LogP) is 4.65. The average Bonchev–Trinajstić information content (AvgIpc) is 3.21. The number of hydrogen-bond acceptors (Lipinski definition) is 5. The number of carbonyl (C=O) groups is 1. The van der Waals surface area contributed by atoms with Crippen molar-refractivity contribution in [3.8, 4) is 5.75 Å². The molecule has 0 saturated carbocycles. The molecule has 0 aliphatic carbocycles. The molecule has 0 unspecified atom stereocenters. The third-order valence-corrected chi connectivity index (χ3v) is 6.05. The highest BCUT2D eigenvalue weighted by Crippen LogP contribution is 2.43. The molecule has 2 aliphatic rings. The Bertz CT molecular complexity index is 1070. The average molecular weight is 482 g/mol. The Hall–Kier alpha value is -2.72. The van der Waals surface area contributed by atoms with Gasteiger partial charge in [-0.1, -0.05) is 0 Å². The van der Waals surface area contributed by atoms with Gasteiger partial charge < -0.3 is 19.1 Å². The van der Waals surface area contributed by atoms with Gasteiger partial charge in [0.05, 0.1) is 17.8 Å². The van der Waals surface area contributed by atoms with Crippen LogP contribution < -0.4 is 4.74 Å². The zero-order chi connectivity index (χ0) is 24.7. The van der Waals surface area contributed by atoms with Crippen molar-refractivity contribution in [3.05, 3.63) is 58.9 Å². The Morgan fingerprint density at radius 1 is 1.24 bits per heavy atom. The van der Waals surface area contributed by atoms with E-state index in [0.717, 1.165) is 18.3 Å². The van der Waals surface area contributed by atoms with Crippen molar-refractivity contribution in [2.45, 2.75) is 50.7 Å². The first-order valence-electron chi connectivity index (χ1n) is 10.9. The summed E-state index contributed by atoms with van der Waals surface area (Å²) in [6, 6.07) is 6.81. The third-order valence-electron chi connectivity index (χ3n) is 6.05. The van der Waals surface area contributed by atoms with Crippen LogP contribution in [-0.4, -0.2) is 54.1 Å². The molecule has 184 valence electrons. The van der Waals surface area contributed by atoms with Crippen molar-refractivity contribution >= 4 is 5.91 Å². The summed E-state index contributed by atoms with van der Waals surface area (Å²) in [4.78, 5) is 18.9. The highest BCUT2D eigenvalue weighted by Gasteiger charge is 2.52. The smallest absolute Gasteiger partial charge is 0.416 e. The molecule has 1 aromatic heterocycles. The Morgan fingerprint density at radius 3 is 2.68 bits per heavy atom. The molecule has 0 spiro atoms. The lowest BCUT2D eigenvalue weighted by molar-refractivity contribution is -0.138. The van der Waals surface area contributed by atoms with Gasteiger partial charge in [-0.15, -0.1) is 0 Å². The number of nitrogens with zero attached hydrogens (tertiary/aromatic N) is 2. The molecule has 4 rings (SSSR count). The number of carbonyl (C=O) groups excluding carboxylic acids is 1. The molecular weight excluding hydrogens is 456 g/mol. The van der Waals surface area contributed by atoms with Crippen molar-refractivity contribution in [1.29, 1.82) is 0 Å². The normalized spacial score (nSPS) is 23.0. The maximum atomic E-state index is 13.7. The van der Waals surface area contributed by atoms with E-state index in [4.69, 9.17) is 14.2 Å². The number of fused-ring (bicyclic) bond motifs is 1. The number of hydrogen-bond donors (Lipinski definition) is 0. The second kappa shape index (κ2) is 8.81. The number of pyridine rings is 1. The standard InChI is InChI=1S/C24H26F4N2O4/c1-15-10-16(4-5-18(15)32-13-22(2,3)25)21(31)30-9-7-23(20(12-30)33-14-34-23)19-11-17(6-8-29-19)24(26,27)28/h4-6,8,10-11,20H,7,9,12-14H2,1-3H3/t20-,23-/m1/s1. The lowest BCUT2D eigenvalue weighted by atomic mass is 9.84. The minimum absolute atomic E-state index is 0.0965. The molecule has 2 aliphatic heterocycles. The second-order valence-electron chi connectivity index (χ2n) is 9.22. The summed E-state index contributed by atoms with van der Waals surface area (Å²) < 4.78 is 70.4. The van der Waals surface area contributed by atoms with Crippen LogP contribution in [0.2, 0.25) is 0 Å². The number of halogens is 4. The van der Waals surface area contributed by atoms with Gasteiger partial charge in [0.2, 0.25) is 0 Å². The molecule has 2 aromatic rings. The molecule has 0 bridgehead atoms. The van der Waals surface area contributed by atoms with Gasteiger partial charge in [0.1, 0.15) is 36.5 Å². The molecule has 6 nitrogen and oxygen atoms in total. The van der Waals surface area contributed by atoms with Crippen LogP contribution in [0.15, 0.2) is 36.5 Å². The van der Waals surface area contributed by atoms with Crippen molar-refractivity contribution in [1.82, 2.24) is 9.88 Å². The molecular formula is C24H26F4N2O4. The van der Waals surface area contributed by atoms with Crippen molar-refractivity contribution in [2.24, 2.45) is 0 Å². The van der Waals surface area contributed by atoms with Crippen LogP contribution in [0.3, 0.4) is 0 Å². The fourth-order valence-electron chi connectivity index (χ4n) is 4.24. The quantitative estimate of drug-likeness (QED) is 0.581. The monoisotopic (exact) mass is 482 g/mol. The Morgan fingerprint density at radius 2 is 2.00 bits per heavy atom. The maximum Gasteiger partial charge on any atom is 0.416 e. The first-order valence-corrected chi connectivity index (χ1v) is 10.9.